The van der Waals surface area contributed by atoms with Gasteiger partial charge in [-0.25, -0.2) is 0 Å². The predicted molar refractivity (Wildman–Crippen MR) is 84.9 cm³/mol. The molecule has 1 saturated heterocycles. The second-order valence-electron chi connectivity index (χ2n) is 6.62. The summed E-state index contributed by atoms with van der Waals surface area (Å²) in [6, 6.07) is 5.65. The van der Waals surface area contributed by atoms with Crippen LogP contribution in [0, 0.1) is 5.92 Å². The number of carbonyl (C=O) groups excluding carboxylic acids is 2. The summed E-state index contributed by atoms with van der Waals surface area (Å²) in [7, 11) is 0. The number of hydrogen-bond acceptors (Lipinski definition) is 3. The number of hydrogen-bond donors (Lipinski definition) is 1. The molecule has 1 aromatic rings. The fraction of sp³-hybridized carbons (Fsp3) is 0.588. The topological polar surface area (TPSA) is 62.3 Å². The summed E-state index contributed by atoms with van der Waals surface area (Å²) in [5, 5.41) is 3.07. The minimum absolute atomic E-state index is 0.0182. The van der Waals surface area contributed by atoms with Gasteiger partial charge in [-0.15, -0.1) is 0 Å². The van der Waals surface area contributed by atoms with E-state index in [2.05, 4.69) is 17.2 Å². The molecule has 0 radical (unpaired) electrons. The Kier molecular flexibility index (Phi) is 5.16. The molecule has 2 heterocycles. The standard InChI is InChI=1S/C17H25N3O2/c1-4-8-17(2,3)19-16(22)13-10-15(21)20(11-13)12-14-7-5-6-9-18-14/h5-7,9,13H,4,8,10-12H2,1-3H3,(H,19,22). The largest absolute Gasteiger partial charge is 0.351 e. The highest BCUT2D eigenvalue weighted by Crippen LogP contribution is 2.21. The van der Waals surface area contributed by atoms with Crippen LogP contribution in [-0.2, 0) is 16.1 Å². The summed E-state index contributed by atoms with van der Waals surface area (Å²) >= 11 is 0. The first-order valence-corrected chi connectivity index (χ1v) is 7.91. The van der Waals surface area contributed by atoms with Gasteiger partial charge in [-0.05, 0) is 32.4 Å². The maximum Gasteiger partial charge on any atom is 0.225 e. The van der Waals surface area contributed by atoms with Crippen molar-refractivity contribution in [1.82, 2.24) is 15.2 Å². The quantitative estimate of drug-likeness (QED) is 0.875. The molecule has 22 heavy (non-hydrogen) atoms. The fourth-order valence-electron chi connectivity index (χ4n) is 2.91. The number of amides is 2. The molecule has 5 nitrogen and oxygen atoms in total. The molecule has 1 unspecified atom stereocenters. The Morgan fingerprint density at radius 2 is 2.23 bits per heavy atom. The summed E-state index contributed by atoms with van der Waals surface area (Å²) in [5.74, 6) is -0.248. The van der Waals surface area contributed by atoms with Crippen molar-refractivity contribution in [3.63, 3.8) is 0 Å². The van der Waals surface area contributed by atoms with Crippen LogP contribution in [0.3, 0.4) is 0 Å². The molecular weight excluding hydrogens is 278 g/mol. The van der Waals surface area contributed by atoms with E-state index in [9.17, 15) is 9.59 Å². The van der Waals surface area contributed by atoms with E-state index in [1.165, 1.54) is 0 Å². The van der Waals surface area contributed by atoms with Gasteiger partial charge in [0, 0.05) is 24.7 Å². The maximum absolute atomic E-state index is 12.4. The third kappa shape index (κ3) is 4.29. The highest BCUT2D eigenvalue weighted by Gasteiger charge is 2.36. The normalized spacial score (nSPS) is 18.6. The van der Waals surface area contributed by atoms with Crippen LogP contribution in [0.25, 0.3) is 0 Å². The van der Waals surface area contributed by atoms with Crippen LogP contribution in [0.4, 0.5) is 0 Å². The molecule has 1 aliphatic rings. The van der Waals surface area contributed by atoms with Gasteiger partial charge < -0.3 is 10.2 Å². The monoisotopic (exact) mass is 303 g/mol. The van der Waals surface area contributed by atoms with Gasteiger partial charge in [-0.2, -0.15) is 0 Å². The van der Waals surface area contributed by atoms with E-state index in [0.717, 1.165) is 18.5 Å². The molecule has 0 saturated carbocycles. The SMILES string of the molecule is CCCC(C)(C)NC(=O)C1CC(=O)N(Cc2ccccn2)C1. The summed E-state index contributed by atoms with van der Waals surface area (Å²) in [4.78, 5) is 30.4. The van der Waals surface area contributed by atoms with Crippen LogP contribution in [-0.4, -0.2) is 33.8 Å². The van der Waals surface area contributed by atoms with Crippen LogP contribution < -0.4 is 5.32 Å². The number of nitrogens with zero attached hydrogens (tertiary/aromatic N) is 2. The summed E-state index contributed by atoms with van der Waals surface area (Å²) in [6.45, 7) is 7.10. The summed E-state index contributed by atoms with van der Waals surface area (Å²) < 4.78 is 0. The molecule has 1 fully saturated rings. The molecule has 2 rings (SSSR count). The highest BCUT2D eigenvalue weighted by molar-refractivity contribution is 5.89. The lowest BCUT2D eigenvalue weighted by Crippen LogP contribution is -2.46. The summed E-state index contributed by atoms with van der Waals surface area (Å²) in [6.07, 6.45) is 3.95. The van der Waals surface area contributed by atoms with Crippen molar-refractivity contribution in [2.75, 3.05) is 6.54 Å². The van der Waals surface area contributed by atoms with Gasteiger partial charge in [0.05, 0.1) is 18.2 Å². The van der Waals surface area contributed by atoms with E-state index < -0.39 is 0 Å². The lowest BCUT2D eigenvalue weighted by atomic mass is 9.97. The number of likely N-dealkylation sites (tertiary alicyclic amines) is 1. The van der Waals surface area contributed by atoms with Gasteiger partial charge in [0.2, 0.25) is 11.8 Å². The number of pyridine rings is 1. The maximum atomic E-state index is 12.4. The van der Waals surface area contributed by atoms with Gasteiger partial charge in [0.15, 0.2) is 0 Å². The molecule has 1 aliphatic heterocycles. The average Bonchev–Trinajstić information content (AvgIpc) is 2.81. The molecular formula is C17H25N3O2. The minimum atomic E-state index is -0.257. The Labute approximate surface area is 132 Å². The molecule has 1 aromatic heterocycles. The van der Waals surface area contributed by atoms with E-state index in [-0.39, 0.29) is 23.3 Å². The Hall–Kier alpha value is -1.91. The van der Waals surface area contributed by atoms with E-state index in [0.29, 0.717) is 19.5 Å². The van der Waals surface area contributed by atoms with E-state index in [1.54, 1.807) is 11.1 Å². The lowest BCUT2D eigenvalue weighted by molar-refractivity contribution is -0.129. The number of aromatic nitrogens is 1. The first kappa shape index (κ1) is 16.5. The smallest absolute Gasteiger partial charge is 0.225 e. The first-order chi connectivity index (χ1) is 10.4. The second-order valence-corrected chi connectivity index (χ2v) is 6.62. The Balaban J connectivity index is 1.93. The predicted octanol–water partition coefficient (Wildman–Crippen LogP) is 2.12. The average molecular weight is 303 g/mol. The molecule has 0 aromatic carbocycles. The van der Waals surface area contributed by atoms with Gasteiger partial charge in [-0.3, -0.25) is 14.6 Å². The molecule has 0 aliphatic carbocycles. The van der Waals surface area contributed by atoms with Crippen molar-refractivity contribution < 1.29 is 9.59 Å². The van der Waals surface area contributed by atoms with Gasteiger partial charge in [0.1, 0.15) is 0 Å². The zero-order valence-electron chi connectivity index (χ0n) is 13.6. The first-order valence-electron chi connectivity index (χ1n) is 7.91. The van der Waals surface area contributed by atoms with Gasteiger partial charge >= 0.3 is 0 Å². The number of nitrogens with one attached hydrogen (secondary N) is 1. The van der Waals surface area contributed by atoms with Crippen molar-refractivity contribution >= 4 is 11.8 Å². The third-order valence-electron chi connectivity index (χ3n) is 4.00. The van der Waals surface area contributed by atoms with Gasteiger partial charge in [0.25, 0.3) is 0 Å². The van der Waals surface area contributed by atoms with Crippen molar-refractivity contribution in [2.24, 2.45) is 5.92 Å². The highest BCUT2D eigenvalue weighted by atomic mass is 16.2. The molecule has 120 valence electrons. The van der Waals surface area contributed by atoms with E-state index in [4.69, 9.17) is 0 Å². The van der Waals surface area contributed by atoms with Crippen LogP contribution in [0.5, 0.6) is 0 Å². The second kappa shape index (κ2) is 6.90. The van der Waals surface area contributed by atoms with Crippen LogP contribution >= 0.6 is 0 Å². The fourth-order valence-corrected chi connectivity index (χ4v) is 2.91. The number of carbonyl (C=O) groups is 2. The Morgan fingerprint density at radius 3 is 2.86 bits per heavy atom. The summed E-state index contributed by atoms with van der Waals surface area (Å²) in [5.41, 5.74) is 0.631. The van der Waals surface area contributed by atoms with Gasteiger partial charge in [-0.1, -0.05) is 19.4 Å². The molecule has 1 N–H and O–H groups in total. The molecule has 0 spiro atoms. The Morgan fingerprint density at radius 1 is 1.45 bits per heavy atom. The van der Waals surface area contributed by atoms with Crippen molar-refractivity contribution in [3.05, 3.63) is 30.1 Å². The molecule has 0 bridgehead atoms. The van der Waals surface area contributed by atoms with E-state index in [1.807, 2.05) is 32.0 Å². The lowest BCUT2D eigenvalue weighted by Gasteiger charge is -2.27. The van der Waals surface area contributed by atoms with Crippen LogP contribution in [0.2, 0.25) is 0 Å². The van der Waals surface area contributed by atoms with Crippen molar-refractivity contribution in [1.29, 1.82) is 0 Å². The van der Waals surface area contributed by atoms with Crippen LogP contribution in [0.15, 0.2) is 24.4 Å². The minimum Gasteiger partial charge on any atom is -0.351 e. The zero-order valence-corrected chi connectivity index (χ0v) is 13.6. The van der Waals surface area contributed by atoms with Crippen molar-refractivity contribution in [2.45, 2.75) is 52.1 Å². The van der Waals surface area contributed by atoms with Crippen LogP contribution in [0.1, 0.15) is 45.7 Å². The molecule has 1 atom stereocenters. The Bertz CT molecular complexity index is 528. The molecule has 5 heteroatoms. The molecule has 2 amide bonds. The van der Waals surface area contributed by atoms with E-state index >= 15 is 0 Å². The number of rotatable bonds is 6. The third-order valence-corrected chi connectivity index (χ3v) is 4.00. The van der Waals surface area contributed by atoms with Crippen molar-refractivity contribution in [3.8, 4) is 0 Å². The zero-order chi connectivity index (χ0) is 16.2.